The Morgan fingerprint density at radius 3 is 1.17 bits per heavy atom. The van der Waals surface area contributed by atoms with Gasteiger partial charge in [-0.25, -0.2) is 0 Å². The first kappa shape index (κ1) is 9.38. The summed E-state index contributed by atoms with van der Waals surface area (Å²) in [6.45, 7) is 0. The van der Waals surface area contributed by atoms with Gasteiger partial charge in [-0.2, -0.15) is 0 Å². The Morgan fingerprint density at radius 2 is 1.17 bits per heavy atom. The Bertz CT molecular complexity index is 87.1. The fourth-order valence-electron chi connectivity index (χ4n) is 0. The molecule has 0 aromatic carbocycles. The van der Waals surface area contributed by atoms with Gasteiger partial charge in [0.05, 0.1) is 0 Å². The van der Waals surface area contributed by atoms with Crippen molar-refractivity contribution < 1.29 is 35.0 Å². The van der Waals surface area contributed by atoms with Crippen LogP contribution >= 0.6 is 0 Å². The summed E-state index contributed by atoms with van der Waals surface area (Å²) in [7, 11) is 0. The van der Waals surface area contributed by atoms with Gasteiger partial charge in [0, 0.05) is 0 Å². The van der Waals surface area contributed by atoms with Crippen molar-refractivity contribution in [1.29, 1.82) is 0 Å². The zero-order valence-electron chi connectivity index (χ0n) is 2.75. The second kappa shape index (κ2) is 2.23. The molecule has 0 fully saturated rings. The summed E-state index contributed by atoms with van der Waals surface area (Å²) in [5, 5.41) is 0. The monoisotopic (exact) mass is 136 g/mol. The Balaban J connectivity index is 0. The number of hydrogen-bond acceptors (Lipinski definition) is 4. The summed E-state index contributed by atoms with van der Waals surface area (Å²) in [4.78, 5) is 0. The predicted octanol–water partition coefficient (Wildman–Crippen LogP) is -3.81. The zero-order valence-corrected chi connectivity index (χ0v) is 4.02. The van der Waals surface area contributed by atoms with E-state index in [-0.39, 0.29) is 5.48 Å². The first-order valence-electron chi connectivity index (χ1n) is 0.667. The quantitative estimate of drug-likeness (QED) is 0.339. The molecule has 6 heteroatoms. The van der Waals surface area contributed by atoms with Crippen LogP contribution in [0, 0.1) is 0 Å². The summed E-state index contributed by atoms with van der Waals surface area (Å²) in [5.41, 5.74) is 0. The van der Waals surface area contributed by atoms with Crippen LogP contribution in [0.5, 0.6) is 0 Å². The topological polar surface area (TPSA) is 115 Å². The third kappa shape index (κ3) is 234000. The Kier molecular flexibility index (Phi) is 3.49. The van der Waals surface area contributed by atoms with Crippen molar-refractivity contribution in [3.05, 3.63) is 0 Å². The first-order chi connectivity index (χ1) is 2.00. The first-order valence-corrected chi connectivity index (χ1v) is 2.75. The summed E-state index contributed by atoms with van der Waals surface area (Å²) in [6.07, 6.45) is 0. The van der Waals surface area contributed by atoms with Crippen molar-refractivity contribution in [1.82, 2.24) is 0 Å². The maximum absolute atomic E-state index is 8.59. The van der Waals surface area contributed by atoms with Gasteiger partial charge in [-0.05, 0) is 0 Å². The molecular formula is H4CrO5. The normalized spacial score (nSPS) is 9.67. The summed E-state index contributed by atoms with van der Waals surface area (Å²) in [5.74, 6) is 0. The van der Waals surface area contributed by atoms with Gasteiger partial charge >= 0.3 is 29.5 Å². The van der Waals surface area contributed by atoms with E-state index in [1.807, 2.05) is 0 Å². The van der Waals surface area contributed by atoms with Crippen LogP contribution in [-0.2, 0) is 26.7 Å². The molecule has 0 saturated heterocycles. The second-order valence-electron chi connectivity index (χ2n) is 0.408. The molecule has 0 saturated carbocycles. The molecule has 0 bridgehead atoms. The molecule has 0 amide bonds. The van der Waals surface area contributed by atoms with E-state index in [1.54, 1.807) is 0 Å². The third-order valence-electron chi connectivity index (χ3n) is 0. The van der Waals surface area contributed by atoms with Crippen LogP contribution in [0.15, 0.2) is 0 Å². The minimum absolute atomic E-state index is 0. The van der Waals surface area contributed by atoms with Crippen molar-refractivity contribution in [2.75, 3.05) is 0 Å². The second-order valence-corrected chi connectivity index (χ2v) is 1.68. The van der Waals surface area contributed by atoms with Crippen LogP contribution < -0.4 is 8.32 Å². The van der Waals surface area contributed by atoms with Crippen molar-refractivity contribution in [3.63, 3.8) is 0 Å². The van der Waals surface area contributed by atoms with E-state index in [0.29, 0.717) is 0 Å². The van der Waals surface area contributed by atoms with E-state index in [1.165, 1.54) is 0 Å². The number of hydrogen-bond donors (Lipinski definition) is 0. The summed E-state index contributed by atoms with van der Waals surface area (Å²) < 4.78 is 34.4. The van der Waals surface area contributed by atoms with E-state index in [0.717, 1.165) is 0 Å². The molecule has 0 aliphatic rings. The van der Waals surface area contributed by atoms with Crippen molar-refractivity contribution in [2.24, 2.45) is 0 Å². The van der Waals surface area contributed by atoms with E-state index in [4.69, 9.17) is 15.9 Å². The van der Waals surface area contributed by atoms with Crippen LogP contribution in [0.1, 0.15) is 0 Å². The third-order valence-corrected chi connectivity index (χ3v) is 0. The molecule has 0 aliphatic carbocycles. The molecule has 0 aromatic rings. The van der Waals surface area contributed by atoms with Crippen molar-refractivity contribution >= 4 is 0 Å². The molecule has 4 N–H and O–H groups in total. The molecule has 0 spiro atoms. The zero-order chi connectivity index (χ0) is 4.50. The van der Waals surface area contributed by atoms with Gasteiger partial charge in [-0.3, -0.25) is 0 Å². The Morgan fingerprint density at radius 1 is 1.17 bits per heavy atom. The molecule has 5 nitrogen and oxygen atoms in total. The molecule has 6 heavy (non-hydrogen) atoms. The molecule has 0 aromatic heterocycles. The van der Waals surface area contributed by atoms with Gasteiger partial charge in [0.15, 0.2) is 0 Å². The Hall–Kier alpha value is 0.0125. The summed E-state index contributed by atoms with van der Waals surface area (Å²) in [6, 6.07) is 0. The van der Waals surface area contributed by atoms with Crippen molar-refractivity contribution in [2.45, 2.75) is 0 Å². The van der Waals surface area contributed by atoms with Gasteiger partial charge in [0.25, 0.3) is 0 Å². The van der Waals surface area contributed by atoms with Crippen LogP contribution in [-0.4, -0.2) is 0 Å². The van der Waals surface area contributed by atoms with Crippen LogP contribution in [0.2, 0.25) is 0 Å². The standard InChI is InChI=1S/Cr.H4O.4O/h;1H4;;;;/q;+2;;;2*-1. The Labute approximate surface area is 35.9 Å². The molecule has 0 rings (SSSR count). The van der Waals surface area contributed by atoms with Gasteiger partial charge in [-0.1, -0.05) is 0 Å². The maximum atomic E-state index is 8.59. The molecule has 0 radical (unpaired) electrons. The van der Waals surface area contributed by atoms with E-state index >= 15 is 0 Å². The fraction of sp³-hybridized carbons (Fsp3) is 0. The fourth-order valence-corrected chi connectivity index (χ4v) is 0. The van der Waals surface area contributed by atoms with Gasteiger partial charge in [-0.15, -0.1) is 0 Å². The van der Waals surface area contributed by atoms with Crippen LogP contribution in [0.25, 0.3) is 0 Å². The van der Waals surface area contributed by atoms with Gasteiger partial charge in [0.2, 0.25) is 0 Å². The van der Waals surface area contributed by atoms with Gasteiger partial charge < -0.3 is 5.48 Å². The minimum atomic E-state index is -5.75. The molecule has 0 aliphatic heterocycles. The van der Waals surface area contributed by atoms with Crippen LogP contribution in [0.4, 0.5) is 0 Å². The van der Waals surface area contributed by atoms with Crippen LogP contribution in [0.3, 0.4) is 0 Å². The predicted molar refractivity (Wildman–Crippen MR) is 7.64 cm³/mol. The molecular weight excluding hydrogens is 132 g/mol. The molecule has 0 atom stereocenters. The van der Waals surface area contributed by atoms with E-state index < -0.39 is 13.6 Å². The van der Waals surface area contributed by atoms with Crippen molar-refractivity contribution in [3.8, 4) is 0 Å². The molecule has 0 unspecified atom stereocenters. The SMILES string of the molecule is [OH4+2].[O]=[Cr](=[O])([O-])[O-]. The van der Waals surface area contributed by atoms with E-state index in [9.17, 15) is 0 Å². The average molecular weight is 136 g/mol. The number of rotatable bonds is 0. The molecule has 0 heterocycles. The molecule has 40 valence electrons. The average Bonchev–Trinajstić information content (AvgIpc) is 0.722. The van der Waals surface area contributed by atoms with E-state index in [2.05, 4.69) is 0 Å². The summed E-state index contributed by atoms with van der Waals surface area (Å²) >= 11 is -5.75. The van der Waals surface area contributed by atoms with Gasteiger partial charge in [0.1, 0.15) is 0 Å².